The summed E-state index contributed by atoms with van der Waals surface area (Å²) < 4.78 is 0. The Bertz CT molecular complexity index is 748. The van der Waals surface area contributed by atoms with Crippen LogP contribution in [0.1, 0.15) is 6.42 Å². The summed E-state index contributed by atoms with van der Waals surface area (Å²) in [7, 11) is 0. The van der Waals surface area contributed by atoms with Gasteiger partial charge in [0, 0.05) is 30.0 Å². The number of nitrogens with one attached hydrogen (secondary N) is 1. The molecule has 3 aromatic rings. The summed E-state index contributed by atoms with van der Waals surface area (Å²) in [5.74, 6) is 0.996. The largest absolute Gasteiger partial charge is 0.354 e. The molecule has 19 heavy (non-hydrogen) atoms. The van der Waals surface area contributed by atoms with Gasteiger partial charge < -0.3 is 15.6 Å². The van der Waals surface area contributed by atoms with Gasteiger partial charge in [0.25, 0.3) is 0 Å². The lowest BCUT2D eigenvalue weighted by Crippen LogP contribution is -2.27. The predicted octanol–water partition coefficient (Wildman–Crippen LogP) is 1.65. The number of para-hydroxylation sites is 1. The Morgan fingerprint density at radius 3 is 3.00 bits per heavy atom. The summed E-state index contributed by atoms with van der Waals surface area (Å²) in [6.45, 7) is 1.83. The number of nitrogens with zero attached hydrogens (tertiary/aromatic N) is 3. The fourth-order valence-corrected chi connectivity index (χ4v) is 2.88. The van der Waals surface area contributed by atoms with Crippen molar-refractivity contribution in [3.63, 3.8) is 0 Å². The lowest BCUT2D eigenvalue weighted by Gasteiger charge is -2.17. The van der Waals surface area contributed by atoms with Crippen LogP contribution in [0.5, 0.6) is 0 Å². The average molecular weight is 253 g/mol. The van der Waals surface area contributed by atoms with Crippen LogP contribution < -0.4 is 10.6 Å². The van der Waals surface area contributed by atoms with Crippen molar-refractivity contribution in [2.45, 2.75) is 12.5 Å². The third kappa shape index (κ3) is 1.58. The van der Waals surface area contributed by atoms with E-state index in [9.17, 15) is 0 Å². The first-order chi connectivity index (χ1) is 9.33. The van der Waals surface area contributed by atoms with Crippen LogP contribution in [0.15, 0.2) is 30.6 Å². The van der Waals surface area contributed by atoms with Crippen LogP contribution in [0.2, 0.25) is 0 Å². The predicted molar refractivity (Wildman–Crippen MR) is 76.2 cm³/mol. The van der Waals surface area contributed by atoms with Gasteiger partial charge in [-0.05, 0) is 12.5 Å². The Morgan fingerprint density at radius 2 is 2.16 bits per heavy atom. The van der Waals surface area contributed by atoms with Gasteiger partial charge in [-0.3, -0.25) is 0 Å². The molecule has 3 heterocycles. The summed E-state index contributed by atoms with van der Waals surface area (Å²) >= 11 is 0. The molecule has 3 N–H and O–H groups in total. The second kappa shape index (κ2) is 3.93. The van der Waals surface area contributed by atoms with E-state index < -0.39 is 0 Å². The molecule has 0 aliphatic carbocycles. The Labute approximate surface area is 110 Å². The minimum absolute atomic E-state index is 0.246. The van der Waals surface area contributed by atoms with Crippen LogP contribution in [0.3, 0.4) is 0 Å². The van der Waals surface area contributed by atoms with Crippen molar-refractivity contribution in [2.24, 2.45) is 5.73 Å². The van der Waals surface area contributed by atoms with Gasteiger partial charge in [-0.1, -0.05) is 18.2 Å². The molecule has 0 bridgehead atoms. The highest BCUT2D eigenvalue weighted by Crippen LogP contribution is 2.32. The van der Waals surface area contributed by atoms with Crippen molar-refractivity contribution in [3.05, 3.63) is 30.6 Å². The van der Waals surface area contributed by atoms with Gasteiger partial charge in [0.15, 0.2) is 0 Å². The molecule has 1 atom stereocenters. The zero-order valence-electron chi connectivity index (χ0n) is 10.5. The Balaban J connectivity index is 1.99. The van der Waals surface area contributed by atoms with E-state index in [-0.39, 0.29) is 6.04 Å². The number of fused-ring (bicyclic) bond motifs is 3. The first-order valence-electron chi connectivity index (χ1n) is 6.55. The molecule has 5 heteroatoms. The van der Waals surface area contributed by atoms with Gasteiger partial charge in [-0.15, -0.1) is 0 Å². The first kappa shape index (κ1) is 10.8. The summed E-state index contributed by atoms with van der Waals surface area (Å²) in [5.41, 5.74) is 8.00. The summed E-state index contributed by atoms with van der Waals surface area (Å²) in [5, 5.41) is 2.28. The zero-order valence-corrected chi connectivity index (χ0v) is 10.5. The molecule has 1 aliphatic rings. The lowest BCUT2D eigenvalue weighted by molar-refractivity contribution is 0.751. The van der Waals surface area contributed by atoms with Crippen molar-refractivity contribution in [1.82, 2.24) is 15.0 Å². The van der Waals surface area contributed by atoms with E-state index in [0.29, 0.717) is 0 Å². The van der Waals surface area contributed by atoms with Crippen molar-refractivity contribution >= 4 is 27.8 Å². The van der Waals surface area contributed by atoms with Gasteiger partial charge in [-0.25, -0.2) is 9.97 Å². The second-order valence-electron chi connectivity index (χ2n) is 5.09. The van der Waals surface area contributed by atoms with Gasteiger partial charge >= 0.3 is 0 Å². The molecule has 0 saturated carbocycles. The first-order valence-corrected chi connectivity index (χ1v) is 6.55. The van der Waals surface area contributed by atoms with Crippen LogP contribution in [0.25, 0.3) is 21.9 Å². The third-order valence-electron chi connectivity index (χ3n) is 3.80. The van der Waals surface area contributed by atoms with Crippen molar-refractivity contribution in [3.8, 4) is 0 Å². The quantitative estimate of drug-likeness (QED) is 0.691. The highest BCUT2D eigenvalue weighted by Gasteiger charge is 2.23. The smallest absolute Gasteiger partial charge is 0.143 e. The summed E-state index contributed by atoms with van der Waals surface area (Å²) in [6.07, 6.45) is 2.64. The number of rotatable bonds is 1. The fraction of sp³-hybridized carbons (Fsp3) is 0.286. The van der Waals surface area contributed by atoms with E-state index >= 15 is 0 Å². The minimum Gasteiger partial charge on any atom is -0.354 e. The summed E-state index contributed by atoms with van der Waals surface area (Å²) in [6, 6.07) is 8.49. The van der Waals surface area contributed by atoms with Crippen LogP contribution in [0, 0.1) is 0 Å². The number of nitrogens with two attached hydrogens (primary N) is 1. The molecule has 1 aliphatic heterocycles. The number of hydrogen-bond donors (Lipinski definition) is 2. The van der Waals surface area contributed by atoms with Crippen LogP contribution in [-0.2, 0) is 0 Å². The highest BCUT2D eigenvalue weighted by molar-refractivity contribution is 6.11. The maximum atomic E-state index is 6.00. The summed E-state index contributed by atoms with van der Waals surface area (Å²) in [4.78, 5) is 14.4. The van der Waals surface area contributed by atoms with E-state index in [2.05, 4.69) is 32.0 Å². The molecule has 96 valence electrons. The number of aromatic nitrogens is 3. The molecule has 5 nitrogen and oxygen atoms in total. The second-order valence-corrected chi connectivity index (χ2v) is 5.09. The van der Waals surface area contributed by atoms with Gasteiger partial charge in [0.2, 0.25) is 0 Å². The van der Waals surface area contributed by atoms with Crippen LogP contribution >= 0.6 is 0 Å². The van der Waals surface area contributed by atoms with Crippen molar-refractivity contribution in [2.75, 3.05) is 18.0 Å². The third-order valence-corrected chi connectivity index (χ3v) is 3.80. The molecule has 0 radical (unpaired) electrons. The van der Waals surface area contributed by atoms with E-state index in [0.717, 1.165) is 41.9 Å². The molecular weight excluding hydrogens is 238 g/mol. The Morgan fingerprint density at radius 1 is 1.26 bits per heavy atom. The highest BCUT2D eigenvalue weighted by atomic mass is 15.2. The maximum absolute atomic E-state index is 6.00. The Kier molecular flexibility index (Phi) is 2.22. The number of aromatic amines is 1. The number of benzene rings is 1. The van der Waals surface area contributed by atoms with E-state index in [1.165, 1.54) is 5.39 Å². The van der Waals surface area contributed by atoms with Crippen LogP contribution in [-0.4, -0.2) is 34.1 Å². The molecule has 2 aromatic heterocycles. The SMILES string of the molecule is N[C@@H]1CCN(c2ncnc3[nH]c4ccccc4c23)C1. The maximum Gasteiger partial charge on any atom is 0.143 e. The van der Waals surface area contributed by atoms with E-state index in [1.807, 2.05) is 12.1 Å². The van der Waals surface area contributed by atoms with E-state index in [1.54, 1.807) is 6.33 Å². The monoisotopic (exact) mass is 253 g/mol. The van der Waals surface area contributed by atoms with Gasteiger partial charge in [0.05, 0.1) is 5.39 Å². The average Bonchev–Trinajstić information content (AvgIpc) is 3.01. The molecular formula is C14H15N5. The topological polar surface area (TPSA) is 70.8 Å². The minimum atomic E-state index is 0.246. The number of anilines is 1. The van der Waals surface area contributed by atoms with E-state index in [4.69, 9.17) is 5.73 Å². The molecule has 1 saturated heterocycles. The molecule has 1 fully saturated rings. The molecule has 4 rings (SSSR count). The molecule has 1 aromatic carbocycles. The van der Waals surface area contributed by atoms with Gasteiger partial charge in [0.1, 0.15) is 17.8 Å². The standard InChI is InChI=1S/C14H15N5/c15-9-5-6-19(7-9)14-12-10-3-1-2-4-11(10)18-13(12)16-8-17-14/h1-4,8-9H,5-7,15H2,(H,16,17,18)/t9-/m1/s1. The molecule has 0 spiro atoms. The normalized spacial score (nSPS) is 19.6. The van der Waals surface area contributed by atoms with Crippen molar-refractivity contribution in [1.29, 1.82) is 0 Å². The van der Waals surface area contributed by atoms with Gasteiger partial charge in [-0.2, -0.15) is 0 Å². The molecule has 0 amide bonds. The van der Waals surface area contributed by atoms with Crippen molar-refractivity contribution < 1.29 is 0 Å². The van der Waals surface area contributed by atoms with Crippen LogP contribution in [0.4, 0.5) is 5.82 Å². The molecule has 0 unspecified atom stereocenters. The number of hydrogen-bond acceptors (Lipinski definition) is 4. The lowest BCUT2D eigenvalue weighted by atomic mass is 10.2. The fourth-order valence-electron chi connectivity index (χ4n) is 2.88. The number of H-pyrrole nitrogens is 1. The zero-order chi connectivity index (χ0) is 12.8. The Hall–Kier alpha value is -2.14.